The van der Waals surface area contributed by atoms with Crippen molar-refractivity contribution >= 4 is 5.97 Å². The summed E-state index contributed by atoms with van der Waals surface area (Å²) in [6, 6.07) is 0. The van der Waals surface area contributed by atoms with E-state index >= 15 is 0 Å². The number of hydrogen-bond donors (Lipinski definition) is 0. The number of nitrogens with zero attached hydrogens (tertiary/aromatic N) is 1. The fourth-order valence-corrected chi connectivity index (χ4v) is 1.16. The maximum absolute atomic E-state index is 11.7. The number of rotatable bonds is 7. The monoisotopic (exact) mass is 230 g/mol. The van der Waals surface area contributed by atoms with Gasteiger partial charge in [0.05, 0.1) is 39.2 Å². The topological polar surface area (TPSA) is 26.3 Å². The molecule has 0 N–H and O–H groups in total. The lowest BCUT2D eigenvalue weighted by molar-refractivity contribution is -0.888. The highest BCUT2D eigenvalue weighted by Crippen LogP contribution is 2.21. The predicted octanol–water partition coefficient (Wildman–Crippen LogP) is 2.45. The fourth-order valence-electron chi connectivity index (χ4n) is 1.16. The van der Waals surface area contributed by atoms with Crippen LogP contribution in [0.15, 0.2) is 0 Å². The molecule has 0 saturated heterocycles. The maximum Gasteiger partial charge on any atom is 0.311 e. The Hall–Kier alpha value is -0.570. The fraction of sp³-hybridized carbons (Fsp3) is 0.923. The van der Waals surface area contributed by atoms with Crippen molar-refractivity contribution in [2.75, 3.05) is 33.8 Å². The zero-order valence-electron chi connectivity index (χ0n) is 11.8. The third-order valence-electron chi connectivity index (χ3n) is 3.43. The van der Waals surface area contributed by atoms with Crippen molar-refractivity contribution in [2.45, 2.75) is 40.5 Å². The minimum atomic E-state index is -0.338. The van der Waals surface area contributed by atoms with Crippen molar-refractivity contribution in [2.24, 2.45) is 5.41 Å². The van der Waals surface area contributed by atoms with Gasteiger partial charge in [-0.05, 0) is 27.2 Å². The molecule has 3 heteroatoms. The van der Waals surface area contributed by atoms with E-state index in [4.69, 9.17) is 4.74 Å². The van der Waals surface area contributed by atoms with Crippen LogP contribution in [0.4, 0.5) is 0 Å². The van der Waals surface area contributed by atoms with Gasteiger partial charge in [-0.1, -0.05) is 6.92 Å². The number of quaternary nitrogens is 1. The molecule has 0 aromatic rings. The summed E-state index contributed by atoms with van der Waals surface area (Å²) < 4.78 is 6.27. The molecule has 0 rings (SSSR count). The molecular formula is C13H28NO2+. The van der Waals surface area contributed by atoms with Gasteiger partial charge >= 0.3 is 5.97 Å². The molecule has 0 amide bonds. The Morgan fingerprint density at radius 1 is 1.25 bits per heavy atom. The third-order valence-corrected chi connectivity index (χ3v) is 3.43. The average molecular weight is 230 g/mol. The predicted molar refractivity (Wildman–Crippen MR) is 67.2 cm³/mol. The van der Waals surface area contributed by atoms with Crippen molar-refractivity contribution < 1.29 is 14.0 Å². The SMILES string of the molecule is CCC(C)(C)C(=O)OCCC[N+](C)(C)CC. The van der Waals surface area contributed by atoms with Gasteiger partial charge in [0, 0.05) is 6.42 Å². The molecular weight excluding hydrogens is 202 g/mol. The molecule has 16 heavy (non-hydrogen) atoms. The Morgan fingerprint density at radius 2 is 1.81 bits per heavy atom. The molecule has 0 heterocycles. The number of carbonyl (C=O) groups is 1. The molecule has 0 atom stereocenters. The molecule has 0 aliphatic rings. The summed E-state index contributed by atoms with van der Waals surface area (Å²) in [5.41, 5.74) is -0.338. The second-order valence-electron chi connectivity index (χ2n) is 5.70. The zero-order chi connectivity index (χ0) is 12.8. The minimum Gasteiger partial charge on any atom is -0.465 e. The van der Waals surface area contributed by atoms with Crippen molar-refractivity contribution in [3.05, 3.63) is 0 Å². The highest BCUT2D eigenvalue weighted by molar-refractivity contribution is 5.75. The second kappa shape index (κ2) is 6.24. The van der Waals surface area contributed by atoms with Crippen LogP contribution in [0, 0.1) is 5.41 Å². The summed E-state index contributed by atoms with van der Waals surface area (Å²) >= 11 is 0. The zero-order valence-corrected chi connectivity index (χ0v) is 11.8. The molecule has 0 aromatic heterocycles. The van der Waals surface area contributed by atoms with Gasteiger partial charge in [0.15, 0.2) is 0 Å². The first kappa shape index (κ1) is 15.4. The summed E-state index contributed by atoms with van der Waals surface area (Å²) in [6.45, 7) is 10.8. The first-order chi connectivity index (χ1) is 7.25. The summed E-state index contributed by atoms with van der Waals surface area (Å²) in [7, 11) is 4.38. The van der Waals surface area contributed by atoms with E-state index in [0.29, 0.717) is 6.61 Å². The van der Waals surface area contributed by atoms with Crippen LogP contribution in [0.1, 0.15) is 40.5 Å². The van der Waals surface area contributed by atoms with Crippen LogP contribution in [0.3, 0.4) is 0 Å². The van der Waals surface area contributed by atoms with Gasteiger partial charge in [0.1, 0.15) is 0 Å². The van der Waals surface area contributed by atoms with Crippen molar-refractivity contribution in [1.29, 1.82) is 0 Å². The van der Waals surface area contributed by atoms with Crippen LogP contribution in [-0.4, -0.2) is 44.2 Å². The van der Waals surface area contributed by atoms with Gasteiger partial charge in [-0.2, -0.15) is 0 Å². The van der Waals surface area contributed by atoms with Gasteiger partial charge in [0.2, 0.25) is 0 Å². The van der Waals surface area contributed by atoms with E-state index in [9.17, 15) is 4.79 Å². The molecule has 0 spiro atoms. The van der Waals surface area contributed by atoms with Gasteiger partial charge < -0.3 is 9.22 Å². The van der Waals surface area contributed by atoms with E-state index in [1.165, 1.54) is 0 Å². The lowest BCUT2D eigenvalue weighted by Gasteiger charge is -2.28. The lowest BCUT2D eigenvalue weighted by atomic mass is 9.91. The van der Waals surface area contributed by atoms with Crippen molar-refractivity contribution in [3.8, 4) is 0 Å². The molecule has 0 aromatic carbocycles. The highest BCUT2D eigenvalue weighted by atomic mass is 16.5. The van der Waals surface area contributed by atoms with Crippen LogP contribution in [0.2, 0.25) is 0 Å². The summed E-state index contributed by atoms with van der Waals surface area (Å²) in [6.07, 6.45) is 1.76. The standard InChI is InChI=1S/C13H28NO2/c1-7-13(3,4)12(15)16-11-9-10-14(5,6)8-2/h7-11H2,1-6H3/q+1. The van der Waals surface area contributed by atoms with Crippen LogP contribution < -0.4 is 0 Å². The first-order valence-corrected chi connectivity index (χ1v) is 6.24. The molecule has 0 unspecified atom stereocenters. The smallest absolute Gasteiger partial charge is 0.311 e. The number of ether oxygens (including phenoxy) is 1. The summed E-state index contributed by atoms with van der Waals surface area (Å²) in [5, 5.41) is 0. The number of carbonyl (C=O) groups excluding carboxylic acids is 1. The Kier molecular flexibility index (Phi) is 6.01. The quantitative estimate of drug-likeness (QED) is 0.381. The van der Waals surface area contributed by atoms with E-state index < -0.39 is 0 Å². The van der Waals surface area contributed by atoms with E-state index in [0.717, 1.165) is 30.4 Å². The Bertz CT molecular complexity index is 222. The minimum absolute atomic E-state index is 0.0724. The summed E-state index contributed by atoms with van der Waals surface area (Å²) in [4.78, 5) is 11.7. The molecule has 3 nitrogen and oxygen atoms in total. The molecule has 0 saturated carbocycles. The third kappa shape index (κ3) is 5.50. The Balaban J connectivity index is 3.80. The first-order valence-electron chi connectivity index (χ1n) is 6.24. The average Bonchev–Trinajstić information content (AvgIpc) is 2.24. The van der Waals surface area contributed by atoms with Crippen molar-refractivity contribution in [1.82, 2.24) is 0 Å². The molecule has 96 valence electrons. The number of esters is 1. The maximum atomic E-state index is 11.7. The summed E-state index contributed by atoms with van der Waals surface area (Å²) in [5.74, 6) is -0.0724. The molecule has 0 bridgehead atoms. The molecule has 0 radical (unpaired) electrons. The molecule has 0 aliphatic heterocycles. The van der Waals surface area contributed by atoms with Gasteiger partial charge in [0.25, 0.3) is 0 Å². The van der Waals surface area contributed by atoms with Crippen LogP contribution in [-0.2, 0) is 9.53 Å². The van der Waals surface area contributed by atoms with Gasteiger partial charge in [-0.3, -0.25) is 4.79 Å². The Morgan fingerprint density at radius 3 is 2.25 bits per heavy atom. The molecule has 0 fully saturated rings. The normalized spacial score (nSPS) is 12.6. The highest BCUT2D eigenvalue weighted by Gasteiger charge is 2.26. The number of hydrogen-bond acceptors (Lipinski definition) is 2. The van der Waals surface area contributed by atoms with Crippen LogP contribution in [0.25, 0.3) is 0 Å². The van der Waals surface area contributed by atoms with Gasteiger partial charge in [-0.25, -0.2) is 0 Å². The lowest BCUT2D eigenvalue weighted by Crippen LogP contribution is -2.40. The van der Waals surface area contributed by atoms with Crippen LogP contribution >= 0.6 is 0 Å². The van der Waals surface area contributed by atoms with E-state index in [2.05, 4.69) is 21.0 Å². The van der Waals surface area contributed by atoms with E-state index in [1.807, 2.05) is 20.8 Å². The van der Waals surface area contributed by atoms with Gasteiger partial charge in [-0.15, -0.1) is 0 Å². The molecule has 0 aliphatic carbocycles. The Labute approximate surface area is 100 Å². The second-order valence-corrected chi connectivity index (χ2v) is 5.70. The largest absolute Gasteiger partial charge is 0.465 e. The van der Waals surface area contributed by atoms with E-state index in [1.54, 1.807) is 0 Å². The van der Waals surface area contributed by atoms with Crippen LogP contribution in [0.5, 0.6) is 0 Å². The van der Waals surface area contributed by atoms with Crippen molar-refractivity contribution in [3.63, 3.8) is 0 Å². The van der Waals surface area contributed by atoms with E-state index in [-0.39, 0.29) is 11.4 Å².